The Labute approximate surface area is 122 Å². The molecule has 0 spiro atoms. The fourth-order valence-corrected chi connectivity index (χ4v) is 2.96. The Kier molecular flexibility index (Phi) is 3.88. The normalized spacial score (nSPS) is 16.6. The van der Waals surface area contributed by atoms with Crippen LogP contribution in [0.15, 0.2) is 12.4 Å². The average molecular weight is 290 g/mol. The highest BCUT2D eigenvalue weighted by molar-refractivity contribution is 7.09. The lowest BCUT2D eigenvalue weighted by Crippen LogP contribution is -2.46. The molecule has 1 aliphatic rings. The van der Waals surface area contributed by atoms with Gasteiger partial charge >= 0.3 is 0 Å². The van der Waals surface area contributed by atoms with Gasteiger partial charge in [0.05, 0.1) is 5.56 Å². The summed E-state index contributed by atoms with van der Waals surface area (Å²) in [6.07, 6.45) is 3.56. The first-order valence-electron chi connectivity index (χ1n) is 6.86. The maximum absolute atomic E-state index is 4.62. The van der Waals surface area contributed by atoms with Crippen molar-refractivity contribution in [3.05, 3.63) is 18.2 Å². The topological polar surface area (TPSA) is 58.0 Å². The number of anilines is 1. The van der Waals surface area contributed by atoms with E-state index in [-0.39, 0.29) is 0 Å². The van der Waals surface area contributed by atoms with Crippen molar-refractivity contribution in [3.63, 3.8) is 0 Å². The number of hydrogen-bond donors (Lipinski definition) is 0. The Morgan fingerprint density at radius 2 is 1.85 bits per heavy atom. The molecule has 106 valence electrons. The van der Waals surface area contributed by atoms with Crippen LogP contribution in [0.4, 0.5) is 5.13 Å². The van der Waals surface area contributed by atoms with E-state index < -0.39 is 0 Å². The second-order valence-electron chi connectivity index (χ2n) is 4.84. The van der Waals surface area contributed by atoms with Gasteiger partial charge in [0.15, 0.2) is 5.82 Å². The largest absolute Gasteiger partial charge is 0.344 e. The van der Waals surface area contributed by atoms with Crippen LogP contribution >= 0.6 is 11.5 Å². The van der Waals surface area contributed by atoms with Gasteiger partial charge < -0.3 is 9.80 Å². The number of likely N-dealkylation sites (N-methyl/N-ethyl adjacent to an activating group) is 1. The third-order valence-corrected chi connectivity index (χ3v) is 4.32. The Bertz CT molecular complexity index is 558. The molecule has 1 fully saturated rings. The molecular formula is C13H18N6S. The van der Waals surface area contributed by atoms with E-state index >= 15 is 0 Å². The fourth-order valence-electron chi connectivity index (χ4n) is 2.22. The quantitative estimate of drug-likeness (QED) is 0.852. The molecule has 0 radical (unpaired) electrons. The highest BCUT2D eigenvalue weighted by atomic mass is 32.1. The zero-order valence-electron chi connectivity index (χ0n) is 11.8. The smallest absolute Gasteiger partial charge is 0.205 e. The third-order valence-electron chi connectivity index (χ3n) is 3.54. The van der Waals surface area contributed by atoms with Crippen molar-refractivity contribution in [1.82, 2.24) is 24.2 Å². The zero-order valence-corrected chi connectivity index (χ0v) is 12.6. The summed E-state index contributed by atoms with van der Waals surface area (Å²) in [6, 6.07) is 0. The van der Waals surface area contributed by atoms with E-state index in [2.05, 4.69) is 36.0 Å². The Morgan fingerprint density at radius 3 is 2.50 bits per heavy atom. The van der Waals surface area contributed by atoms with Gasteiger partial charge in [-0.25, -0.2) is 9.97 Å². The number of nitrogens with zero attached hydrogens (tertiary/aromatic N) is 6. The van der Waals surface area contributed by atoms with E-state index in [1.165, 1.54) is 11.5 Å². The first-order valence-corrected chi connectivity index (χ1v) is 7.63. The molecule has 0 atom stereocenters. The summed E-state index contributed by atoms with van der Waals surface area (Å²) < 4.78 is 4.43. The van der Waals surface area contributed by atoms with Crippen LogP contribution in [0, 0.1) is 6.92 Å². The molecule has 0 N–H and O–H groups in total. The molecule has 2 aromatic rings. The SMILES string of the molecule is CCN1CCN(c2nc(-c3cnc(C)nc3)ns2)CC1. The molecule has 0 saturated carbocycles. The molecule has 1 saturated heterocycles. The molecule has 3 heterocycles. The van der Waals surface area contributed by atoms with E-state index in [1.54, 1.807) is 12.4 Å². The maximum atomic E-state index is 4.62. The lowest BCUT2D eigenvalue weighted by Gasteiger charge is -2.33. The number of aryl methyl sites for hydroxylation is 1. The lowest BCUT2D eigenvalue weighted by atomic mass is 10.3. The average Bonchev–Trinajstić information content (AvgIpc) is 2.98. The Hall–Kier alpha value is -1.60. The summed E-state index contributed by atoms with van der Waals surface area (Å²) >= 11 is 1.45. The summed E-state index contributed by atoms with van der Waals surface area (Å²) in [5.41, 5.74) is 0.880. The van der Waals surface area contributed by atoms with E-state index in [9.17, 15) is 0 Å². The molecule has 2 aromatic heterocycles. The van der Waals surface area contributed by atoms with Crippen molar-refractivity contribution in [2.24, 2.45) is 0 Å². The van der Waals surface area contributed by atoms with Gasteiger partial charge in [0.1, 0.15) is 5.82 Å². The van der Waals surface area contributed by atoms with Crippen LogP contribution in [-0.2, 0) is 0 Å². The highest BCUT2D eigenvalue weighted by Crippen LogP contribution is 2.24. The monoisotopic (exact) mass is 290 g/mol. The van der Waals surface area contributed by atoms with Crippen LogP contribution in [0.25, 0.3) is 11.4 Å². The van der Waals surface area contributed by atoms with Crippen LogP contribution in [0.2, 0.25) is 0 Å². The van der Waals surface area contributed by atoms with Gasteiger partial charge in [0.25, 0.3) is 0 Å². The van der Waals surface area contributed by atoms with E-state index in [0.29, 0.717) is 0 Å². The van der Waals surface area contributed by atoms with E-state index in [1.807, 2.05) is 6.92 Å². The maximum Gasteiger partial charge on any atom is 0.205 e. The fraction of sp³-hybridized carbons (Fsp3) is 0.538. The predicted molar refractivity (Wildman–Crippen MR) is 80.0 cm³/mol. The Balaban J connectivity index is 1.72. The molecular weight excluding hydrogens is 272 g/mol. The van der Waals surface area contributed by atoms with Crippen LogP contribution in [-0.4, -0.2) is 56.9 Å². The van der Waals surface area contributed by atoms with Crippen LogP contribution in [0.1, 0.15) is 12.7 Å². The van der Waals surface area contributed by atoms with E-state index in [4.69, 9.17) is 0 Å². The molecule has 6 nitrogen and oxygen atoms in total. The van der Waals surface area contributed by atoms with Crippen molar-refractivity contribution >= 4 is 16.7 Å². The molecule has 7 heteroatoms. The summed E-state index contributed by atoms with van der Waals surface area (Å²) in [6.45, 7) is 9.43. The zero-order chi connectivity index (χ0) is 13.9. The van der Waals surface area contributed by atoms with Crippen molar-refractivity contribution in [2.75, 3.05) is 37.6 Å². The van der Waals surface area contributed by atoms with Crippen molar-refractivity contribution in [3.8, 4) is 11.4 Å². The van der Waals surface area contributed by atoms with Crippen molar-refractivity contribution in [2.45, 2.75) is 13.8 Å². The highest BCUT2D eigenvalue weighted by Gasteiger charge is 2.19. The summed E-state index contributed by atoms with van der Waals surface area (Å²) in [4.78, 5) is 17.8. The Morgan fingerprint density at radius 1 is 1.15 bits per heavy atom. The summed E-state index contributed by atoms with van der Waals surface area (Å²) in [5, 5.41) is 0.997. The number of hydrogen-bond acceptors (Lipinski definition) is 7. The predicted octanol–water partition coefficient (Wildman–Crippen LogP) is 1.45. The van der Waals surface area contributed by atoms with Gasteiger partial charge in [-0.05, 0) is 13.5 Å². The minimum atomic E-state index is 0.725. The number of piperazine rings is 1. The molecule has 0 unspecified atom stereocenters. The van der Waals surface area contributed by atoms with Gasteiger partial charge in [0, 0.05) is 50.1 Å². The van der Waals surface area contributed by atoms with E-state index in [0.717, 1.165) is 55.1 Å². The molecule has 1 aliphatic heterocycles. The summed E-state index contributed by atoms with van der Waals surface area (Å²) in [5.74, 6) is 1.49. The molecule has 3 rings (SSSR count). The summed E-state index contributed by atoms with van der Waals surface area (Å²) in [7, 11) is 0. The first kappa shape index (κ1) is 13.4. The molecule has 0 bridgehead atoms. The first-order chi connectivity index (χ1) is 9.76. The molecule has 0 amide bonds. The van der Waals surface area contributed by atoms with Crippen LogP contribution in [0.3, 0.4) is 0 Å². The number of aromatic nitrogens is 4. The second-order valence-corrected chi connectivity index (χ2v) is 5.57. The molecule has 0 aliphatic carbocycles. The van der Waals surface area contributed by atoms with Gasteiger partial charge in [-0.1, -0.05) is 6.92 Å². The lowest BCUT2D eigenvalue weighted by molar-refractivity contribution is 0.271. The van der Waals surface area contributed by atoms with Crippen LogP contribution in [0.5, 0.6) is 0 Å². The van der Waals surface area contributed by atoms with Gasteiger partial charge in [-0.3, -0.25) is 0 Å². The van der Waals surface area contributed by atoms with Gasteiger partial charge in [0.2, 0.25) is 5.13 Å². The number of rotatable bonds is 3. The molecule has 20 heavy (non-hydrogen) atoms. The van der Waals surface area contributed by atoms with Crippen LogP contribution < -0.4 is 4.90 Å². The standard InChI is InChI=1S/C13H18N6S/c1-3-18-4-6-19(7-5-18)13-16-12(17-20-13)11-8-14-10(2)15-9-11/h8-9H,3-7H2,1-2H3. The minimum absolute atomic E-state index is 0.725. The van der Waals surface area contributed by atoms with Gasteiger partial charge in [-0.2, -0.15) is 9.36 Å². The van der Waals surface area contributed by atoms with Gasteiger partial charge in [-0.15, -0.1) is 0 Å². The van der Waals surface area contributed by atoms with Crippen molar-refractivity contribution < 1.29 is 0 Å². The van der Waals surface area contributed by atoms with Crippen molar-refractivity contribution in [1.29, 1.82) is 0 Å². The second kappa shape index (κ2) is 5.80. The minimum Gasteiger partial charge on any atom is -0.344 e. The molecule has 0 aromatic carbocycles. The third kappa shape index (κ3) is 2.78.